The van der Waals surface area contributed by atoms with Gasteiger partial charge in [-0.25, -0.2) is 4.98 Å². The number of aliphatic imine (C=N–C) groups is 1. The van der Waals surface area contributed by atoms with E-state index in [1.54, 1.807) is 32.2 Å². The Morgan fingerprint density at radius 3 is 3.00 bits per heavy atom. The first-order valence-corrected chi connectivity index (χ1v) is 7.92. The lowest BCUT2D eigenvalue weighted by Gasteiger charge is -2.20. The van der Waals surface area contributed by atoms with Crippen LogP contribution in [0.15, 0.2) is 23.3 Å². The summed E-state index contributed by atoms with van der Waals surface area (Å²) < 4.78 is 0. The molecule has 1 aromatic rings. The van der Waals surface area contributed by atoms with E-state index >= 15 is 0 Å². The number of rotatable bonds is 4. The van der Waals surface area contributed by atoms with Crippen molar-refractivity contribution < 1.29 is 4.79 Å². The van der Waals surface area contributed by atoms with Crippen LogP contribution in [0.2, 0.25) is 5.02 Å². The molecule has 0 aromatic carbocycles. The van der Waals surface area contributed by atoms with E-state index in [0.717, 1.165) is 25.3 Å². The van der Waals surface area contributed by atoms with Crippen molar-refractivity contribution in [3.05, 3.63) is 23.4 Å². The molecule has 2 heterocycles. The second kappa shape index (κ2) is 8.01. The van der Waals surface area contributed by atoms with Gasteiger partial charge in [-0.1, -0.05) is 11.6 Å². The van der Waals surface area contributed by atoms with Crippen LogP contribution < -0.4 is 15.5 Å². The minimum atomic E-state index is 0.00117. The number of nitrogens with one attached hydrogen (secondary N) is 2. The summed E-state index contributed by atoms with van der Waals surface area (Å²) in [5, 5.41) is 7.03. The molecule has 8 heteroatoms. The van der Waals surface area contributed by atoms with Crippen molar-refractivity contribution in [1.82, 2.24) is 20.5 Å². The smallest absolute Gasteiger partial charge is 0.241 e. The number of likely N-dealkylation sites (N-methyl/N-ethyl adjacent to an activating group) is 1. The first-order valence-electron chi connectivity index (χ1n) is 7.54. The molecule has 0 saturated carbocycles. The minimum absolute atomic E-state index is 0.00117. The fourth-order valence-electron chi connectivity index (χ4n) is 2.39. The Balaban J connectivity index is 1.87. The summed E-state index contributed by atoms with van der Waals surface area (Å²) in [7, 11) is 5.15. The number of aromatic nitrogens is 1. The molecular weight excluding hydrogens is 316 g/mol. The van der Waals surface area contributed by atoms with Gasteiger partial charge in [-0.15, -0.1) is 0 Å². The maximum Gasteiger partial charge on any atom is 0.241 e. The van der Waals surface area contributed by atoms with Crippen LogP contribution in [-0.4, -0.2) is 68.6 Å². The minimum Gasteiger partial charge on any atom is -0.353 e. The number of carbonyl (C=O) groups is 1. The van der Waals surface area contributed by atoms with Crippen LogP contribution in [0.5, 0.6) is 0 Å². The molecule has 0 aliphatic carbocycles. The number of hydrogen-bond donors (Lipinski definition) is 2. The van der Waals surface area contributed by atoms with Gasteiger partial charge in [0.1, 0.15) is 5.82 Å². The van der Waals surface area contributed by atoms with Gasteiger partial charge in [-0.2, -0.15) is 0 Å². The van der Waals surface area contributed by atoms with Crippen LogP contribution >= 0.6 is 11.6 Å². The molecule has 7 nitrogen and oxygen atoms in total. The Morgan fingerprint density at radius 2 is 2.35 bits per heavy atom. The molecule has 1 aliphatic heterocycles. The van der Waals surface area contributed by atoms with E-state index in [2.05, 4.69) is 25.5 Å². The Labute approximate surface area is 141 Å². The van der Waals surface area contributed by atoms with Gasteiger partial charge in [-0.3, -0.25) is 9.79 Å². The normalized spacial score (nSPS) is 18.0. The molecule has 126 valence electrons. The van der Waals surface area contributed by atoms with Gasteiger partial charge in [0.2, 0.25) is 5.91 Å². The second-order valence-corrected chi connectivity index (χ2v) is 6.01. The summed E-state index contributed by atoms with van der Waals surface area (Å²) in [6.07, 6.45) is 2.70. The summed E-state index contributed by atoms with van der Waals surface area (Å²) in [5.41, 5.74) is 0. The van der Waals surface area contributed by atoms with Crippen LogP contribution in [0.25, 0.3) is 0 Å². The first kappa shape index (κ1) is 17.3. The largest absolute Gasteiger partial charge is 0.353 e. The second-order valence-electron chi connectivity index (χ2n) is 5.60. The highest BCUT2D eigenvalue weighted by atomic mass is 35.5. The van der Waals surface area contributed by atoms with Crippen LogP contribution in [0.4, 0.5) is 5.82 Å². The molecule has 1 aliphatic rings. The maximum absolute atomic E-state index is 11.6. The topological polar surface area (TPSA) is 72.9 Å². The van der Waals surface area contributed by atoms with E-state index < -0.39 is 0 Å². The molecule has 2 rings (SSSR count). The molecule has 1 amide bonds. The highest BCUT2D eigenvalue weighted by Crippen LogP contribution is 2.25. The molecule has 0 spiro atoms. The third-order valence-electron chi connectivity index (χ3n) is 3.70. The molecule has 23 heavy (non-hydrogen) atoms. The number of guanidine groups is 1. The van der Waals surface area contributed by atoms with Crippen LogP contribution in [0, 0.1) is 0 Å². The standard InChI is InChI=1S/C15H23ClN6O/c1-17-15(19-9-13(23)21(2)3)20-11-6-8-22(10-11)14-12(16)5-4-7-18-14/h4-5,7,11H,6,8-10H2,1-3H3,(H2,17,19,20). The van der Waals surface area contributed by atoms with Crippen molar-refractivity contribution in [1.29, 1.82) is 0 Å². The Hall–Kier alpha value is -2.02. The first-order chi connectivity index (χ1) is 11.0. The fraction of sp³-hybridized carbons (Fsp3) is 0.533. The lowest BCUT2D eigenvalue weighted by atomic mass is 10.3. The monoisotopic (exact) mass is 338 g/mol. The fourth-order valence-corrected chi connectivity index (χ4v) is 2.63. The predicted molar refractivity (Wildman–Crippen MR) is 93.1 cm³/mol. The van der Waals surface area contributed by atoms with Crippen molar-refractivity contribution in [2.45, 2.75) is 12.5 Å². The van der Waals surface area contributed by atoms with E-state index in [9.17, 15) is 4.79 Å². The Morgan fingerprint density at radius 1 is 1.57 bits per heavy atom. The number of nitrogens with zero attached hydrogens (tertiary/aromatic N) is 4. The van der Waals surface area contributed by atoms with Crippen molar-refractivity contribution in [2.75, 3.05) is 45.7 Å². The van der Waals surface area contributed by atoms with E-state index in [1.807, 2.05) is 12.1 Å². The molecule has 1 saturated heterocycles. The van der Waals surface area contributed by atoms with E-state index in [1.165, 1.54) is 0 Å². The third kappa shape index (κ3) is 4.72. The van der Waals surface area contributed by atoms with Crippen molar-refractivity contribution in [3.63, 3.8) is 0 Å². The zero-order valence-corrected chi connectivity index (χ0v) is 14.5. The van der Waals surface area contributed by atoms with Gasteiger partial charge in [0.25, 0.3) is 0 Å². The highest BCUT2D eigenvalue weighted by Gasteiger charge is 2.25. The quantitative estimate of drug-likeness (QED) is 0.620. The number of anilines is 1. The van der Waals surface area contributed by atoms with E-state index in [0.29, 0.717) is 11.0 Å². The highest BCUT2D eigenvalue weighted by molar-refractivity contribution is 6.32. The van der Waals surface area contributed by atoms with Gasteiger partial charge < -0.3 is 20.4 Å². The van der Waals surface area contributed by atoms with Gasteiger partial charge in [-0.05, 0) is 18.6 Å². The summed E-state index contributed by atoms with van der Waals surface area (Å²) in [6, 6.07) is 3.90. The number of halogens is 1. The zero-order valence-electron chi connectivity index (χ0n) is 13.7. The number of hydrogen-bond acceptors (Lipinski definition) is 4. The van der Waals surface area contributed by atoms with Crippen LogP contribution in [0.1, 0.15) is 6.42 Å². The average molecular weight is 339 g/mol. The van der Waals surface area contributed by atoms with Gasteiger partial charge in [0, 0.05) is 46.5 Å². The predicted octanol–water partition coefficient (Wildman–Crippen LogP) is 0.567. The van der Waals surface area contributed by atoms with Crippen LogP contribution in [-0.2, 0) is 4.79 Å². The Bertz CT molecular complexity index is 577. The Kier molecular flexibility index (Phi) is 6.04. The molecule has 1 atom stereocenters. The van der Waals surface area contributed by atoms with E-state index in [4.69, 9.17) is 11.6 Å². The lowest BCUT2D eigenvalue weighted by Crippen LogP contribution is -2.47. The molecule has 1 fully saturated rings. The number of amides is 1. The molecule has 0 bridgehead atoms. The van der Waals surface area contributed by atoms with Gasteiger partial charge >= 0.3 is 0 Å². The van der Waals surface area contributed by atoms with Crippen LogP contribution in [0.3, 0.4) is 0 Å². The van der Waals surface area contributed by atoms with Gasteiger partial charge in [0.15, 0.2) is 5.96 Å². The summed E-state index contributed by atoms with van der Waals surface area (Å²) in [4.78, 5) is 23.8. The SMILES string of the molecule is CN=C(NCC(=O)N(C)C)NC1CCN(c2ncccc2Cl)C1. The maximum atomic E-state index is 11.6. The molecule has 0 radical (unpaired) electrons. The molecule has 1 aromatic heterocycles. The van der Waals surface area contributed by atoms with Crippen molar-refractivity contribution >= 4 is 29.3 Å². The zero-order chi connectivity index (χ0) is 16.8. The van der Waals surface area contributed by atoms with Crippen molar-refractivity contribution in [2.24, 2.45) is 4.99 Å². The molecule has 2 N–H and O–H groups in total. The number of carbonyl (C=O) groups excluding carboxylic acids is 1. The molecular formula is C15H23ClN6O. The summed E-state index contributed by atoms with van der Waals surface area (Å²) in [5.74, 6) is 1.43. The van der Waals surface area contributed by atoms with Gasteiger partial charge in [0.05, 0.1) is 11.6 Å². The molecule has 1 unspecified atom stereocenters. The van der Waals surface area contributed by atoms with Crippen molar-refractivity contribution in [3.8, 4) is 0 Å². The van der Waals surface area contributed by atoms with E-state index in [-0.39, 0.29) is 18.5 Å². The average Bonchev–Trinajstić information content (AvgIpc) is 2.99. The third-order valence-corrected chi connectivity index (χ3v) is 3.99. The summed E-state index contributed by atoms with van der Waals surface area (Å²) in [6.45, 7) is 1.89. The lowest BCUT2D eigenvalue weighted by molar-refractivity contribution is -0.127. The summed E-state index contributed by atoms with van der Waals surface area (Å²) >= 11 is 6.20. The number of pyridine rings is 1.